The highest BCUT2D eigenvalue weighted by atomic mass is 16.1. The molecular weight excluding hydrogens is 312 g/mol. The highest BCUT2D eigenvalue weighted by Gasteiger charge is 2.27. The number of carbonyl (C=O) groups excluding carboxylic acids is 1. The number of aromatic nitrogens is 2. The molecule has 2 heterocycles. The number of benzene rings is 1. The molecule has 1 aliphatic heterocycles. The molecule has 0 spiro atoms. The van der Waals surface area contributed by atoms with Gasteiger partial charge in [0.05, 0.1) is 5.69 Å². The topological polar surface area (TPSA) is 50.2 Å². The zero-order chi connectivity index (χ0) is 17.1. The lowest BCUT2D eigenvalue weighted by atomic mass is 9.85. The average Bonchev–Trinajstić information content (AvgIpc) is 3.23. The van der Waals surface area contributed by atoms with Crippen LogP contribution in [0, 0.1) is 11.8 Å². The van der Waals surface area contributed by atoms with Gasteiger partial charge in [-0.15, -0.1) is 0 Å². The van der Waals surface area contributed by atoms with E-state index < -0.39 is 0 Å². The molecule has 1 saturated heterocycles. The number of hydrogen-bond acceptors (Lipinski definition) is 3. The molecule has 2 fully saturated rings. The van der Waals surface area contributed by atoms with Gasteiger partial charge in [-0.2, -0.15) is 5.10 Å². The maximum atomic E-state index is 12.0. The zero-order valence-electron chi connectivity index (χ0n) is 14.6. The van der Waals surface area contributed by atoms with Crippen LogP contribution in [0.2, 0.25) is 0 Å². The van der Waals surface area contributed by atoms with Gasteiger partial charge in [0.15, 0.2) is 0 Å². The van der Waals surface area contributed by atoms with Crippen LogP contribution in [0.15, 0.2) is 42.7 Å². The maximum Gasteiger partial charge on any atom is 0.223 e. The fourth-order valence-electron chi connectivity index (χ4n) is 3.76. The van der Waals surface area contributed by atoms with Gasteiger partial charge in [0, 0.05) is 37.9 Å². The first-order valence-corrected chi connectivity index (χ1v) is 9.37. The number of nitrogens with zero attached hydrogens (tertiary/aromatic N) is 3. The monoisotopic (exact) mass is 338 g/mol. The minimum absolute atomic E-state index is 0.275. The van der Waals surface area contributed by atoms with E-state index >= 15 is 0 Å². The van der Waals surface area contributed by atoms with Gasteiger partial charge in [-0.05, 0) is 55.5 Å². The molecule has 132 valence electrons. The van der Waals surface area contributed by atoms with E-state index in [9.17, 15) is 4.79 Å². The van der Waals surface area contributed by atoms with Crippen molar-refractivity contribution >= 4 is 5.91 Å². The van der Waals surface area contributed by atoms with Crippen molar-refractivity contribution in [3.63, 3.8) is 0 Å². The van der Waals surface area contributed by atoms with Gasteiger partial charge in [-0.1, -0.05) is 18.6 Å². The van der Waals surface area contributed by atoms with Crippen molar-refractivity contribution in [3.05, 3.63) is 48.3 Å². The third-order valence-electron chi connectivity index (χ3n) is 5.50. The van der Waals surface area contributed by atoms with Crippen molar-refractivity contribution in [1.29, 1.82) is 0 Å². The van der Waals surface area contributed by atoms with Gasteiger partial charge >= 0.3 is 0 Å². The molecule has 1 saturated carbocycles. The molecular formula is C20H26N4O. The van der Waals surface area contributed by atoms with Crippen LogP contribution in [0.1, 0.15) is 31.2 Å². The summed E-state index contributed by atoms with van der Waals surface area (Å²) in [5, 5.41) is 7.46. The van der Waals surface area contributed by atoms with Gasteiger partial charge in [-0.3, -0.25) is 9.69 Å². The van der Waals surface area contributed by atoms with Crippen LogP contribution in [0.25, 0.3) is 5.69 Å². The number of amides is 1. The van der Waals surface area contributed by atoms with Crippen molar-refractivity contribution in [2.45, 2.75) is 32.2 Å². The van der Waals surface area contributed by atoms with E-state index in [-0.39, 0.29) is 5.91 Å². The summed E-state index contributed by atoms with van der Waals surface area (Å²) in [4.78, 5) is 14.5. The van der Waals surface area contributed by atoms with Crippen LogP contribution in [0.3, 0.4) is 0 Å². The predicted molar refractivity (Wildman–Crippen MR) is 97.3 cm³/mol. The van der Waals surface area contributed by atoms with E-state index in [0.29, 0.717) is 11.8 Å². The number of hydrogen-bond donors (Lipinski definition) is 1. The lowest BCUT2D eigenvalue weighted by molar-refractivity contribution is -0.127. The molecule has 5 heteroatoms. The molecule has 2 aliphatic rings. The van der Waals surface area contributed by atoms with Gasteiger partial charge in [-0.25, -0.2) is 4.68 Å². The van der Waals surface area contributed by atoms with Crippen LogP contribution in [0.5, 0.6) is 0 Å². The Hall–Kier alpha value is -2.14. The first-order valence-electron chi connectivity index (χ1n) is 9.37. The van der Waals surface area contributed by atoms with Crippen molar-refractivity contribution < 1.29 is 4.79 Å². The molecule has 1 aromatic heterocycles. The highest BCUT2D eigenvalue weighted by molar-refractivity contribution is 5.79. The fourth-order valence-corrected chi connectivity index (χ4v) is 3.76. The van der Waals surface area contributed by atoms with Gasteiger partial charge in [0.2, 0.25) is 5.91 Å². The summed E-state index contributed by atoms with van der Waals surface area (Å²) < 4.78 is 1.90. The fraction of sp³-hybridized carbons (Fsp3) is 0.500. The van der Waals surface area contributed by atoms with Crippen LogP contribution < -0.4 is 5.32 Å². The molecule has 0 radical (unpaired) electrons. The number of likely N-dealkylation sites (tertiary alicyclic amines) is 1. The van der Waals surface area contributed by atoms with E-state index in [0.717, 1.165) is 44.7 Å². The maximum absolute atomic E-state index is 12.0. The quantitative estimate of drug-likeness (QED) is 0.881. The van der Waals surface area contributed by atoms with Gasteiger partial charge in [0.1, 0.15) is 0 Å². The Kier molecular flexibility index (Phi) is 4.83. The van der Waals surface area contributed by atoms with Crippen molar-refractivity contribution in [1.82, 2.24) is 20.0 Å². The van der Waals surface area contributed by atoms with Gasteiger partial charge in [0.25, 0.3) is 0 Å². The molecule has 0 unspecified atom stereocenters. The smallest absolute Gasteiger partial charge is 0.223 e. The van der Waals surface area contributed by atoms with Crippen LogP contribution in [-0.4, -0.2) is 40.2 Å². The largest absolute Gasteiger partial charge is 0.356 e. The van der Waals surface area contributed by atoms with Crippen LogP contribution >= 0.6 is 0 Å². The minimum atomic E-state index is 0.275. The predicted octanol–water partition coefficient (Wildman–Crippen LogP) is 2.61. The Labute approximate surface area is 149 Å². The standard InChI is InChI=1S/C20H26N4O/c25-20(18-5-2-6-18)21-13-17-8-11-23(15-17)14-16-4-1-7-19(12-16)24-10-3-9-22-24/h1,3-4,7,9-10,12,17-18H,2,5-6,8,11,13-15H2,(H,21,25)/t17-/m0/s1. The third-order valence-corrected chi connectivity index (χ3v) is 5.50. The molecule has 25 heavy (non-hydrogen) atoms. The van der Waals surface area contributed by atoms with E-state index in [1.165, 1.54) is 18.4 Å². The molecule has 1 aromatic carbocycles. The van der Waals surface area contributed by atoms with E-state index in [1.54, 1.807) is 6.20 Å². The van der Waals surface area contributed by atoms with Crippen LogP contribution in [0.4, 0.5) is 0 Å². The number of nitrogens with one attached hydrogen (secondary N) is 1. The second-order valence-electron chi connectivity index (χ2n) is 7.38. The zero-order valence-corrected chi connectivity index (χ0v) is 14.6. The Morgan fingerprint density at radius 3 is 2.92 bits per heavy atom. The summed E-state index contributed by atoms with van der Waals surface area (Å²) in [6.45, 7) is 3.97. The van der Waals surface area contributed by atoms with Crippen LogP contribution in [-0.2, 0) is 11.3 Å². The lowest BCUT2D eigenvalue weighted by Crippen LogP contribution is -2.37. The molecule has 2 aromatic rings. The molecule has 1 amide bonds. The Bertz CT molecular complexity index is 708. The molecule has 1 atom stereocenters. The molecule has 5 nitrogen and oxygen atoms in total. The normalized spacial score (nSPS) is 21.2. The summed E-state index contributed by atoms with van der Waals surface area (Å²) in [7, 11) is 0. The highest BCUT2D eigenvalue weighted by Crippen LogP contribution is 2.26. The Balaban J connectivity index is 1.28. The summed E-state index contributed by atoms with van der Waals surface area (Å²) in [5.41, 5.74) is 2.41. The molecule has 1 N–H and O–H groups in total. The average molecular weight is 338 g/mol. The lowest BCUT2D eigenvalue weighted by Gasteiger charge is -2.25. The first kappa shape index (κ1) is 16.3. The van der Waals surface area contributed by atoms with E-state index in [1.807, 2.05) is 16.9 Å². The molecule has 4 rings (SSSR count). The second kappa shape index (κ2) is 7.40. The van der Waals surface area contributed by atoms with Crippen molar-refractivity contribution in [3.8, 4) is 5.69 Å². The second-order valence-corrected chi connectivity index (χ2v) is 7.38. The molecule has 1 aliphatic carbocycles. The SMILES string of the molecule is O=C(NC[C@@H]1CCN(Cc2cccc(-n3cccn3)c2)C1)C1CCC1. The Morgan fingerprint density at radius 1 is 1.24 bits per heavy atom. The molecule has 0 bridgehead atoms. The summed E-state index contributed by atoms with van der Waals surface area (Å²) in [5.74, 6) is 1.15. The van der Waals surface area contributed by atoms with Crippen molar-refractivity contribution in [2.24, 2.45) is 11.8 Å². The first-order chi connectivity index (χ1) is 12.3. The Morgan fingerprint density at radius 2 is 2.16 bits per heavy atom. The van der Waals surface area contributed by atoms with E-state index in [4.69, 9.17) is 0 Å². The summed E-state index contributed by atoms with van der Waals surface area (Å²) in [6, 6.07) is 10.5. The third kappa shape index (κ3) is 3.93. The summed E-state index contributed by atoms with van der Waals surface area (Å²) >= 11 is 0. The minimum Gasteiger partial charge on any atom is -0.356 e. The van der Waals surface area contributed by atoms with Gasteiger partial charge < -0.3 is 5.32 Å². The van der Waals surface area contributed by atoms with Crippen molar-refractivity contribution in [2.75, 3.05) is 19.6 Å². The van der Waals surface area contributed by atoms with E-state index in [2.05, 4.69) is 39.6 Å². The summed E-state index contributed by atoms with van der Waals surface area (Å²) in [6.07, 6.45) is 8.31. The number of rotatable bonds is 6. The number of carbonyl (C=O) groups is 1.